The standard InChI is InChI=1S/C14H19ClNO3/c1-16(2-4-17-5-3-16)8-11-6-13(15)7-12-9-18-10-19-14(11)12/h6-7H,2-5,8-10H2,1H3/q+1. The molecule has 0 bridgehead atoms. The lowest BCUT2D eigenvalue weighted by Crippen LogP contribution is -2.51. The van der Waals surface area contributed by atoms with Crippen LogP contribution in [0.3, 0.4) is 0 Å². The molecule has 0 N–H and O–H groups in total. The lowest BCUT2D eigenvalue weighted by atomic mass is 10.1. The molecule has 0 radical (unpaired) electrons. The van der Waals surface area contributed by atoms with E-state index in [2.05, 4.69) is 7.05 Å². The summed E-state index contributed by atoms with van der Waals surface area (Å²) in [7, 11) is 2.26. The van der Waals surface area contributed by atoms with Crippen LogP contribution in [0.5, 0.6) is 5.75 Å². The monoisotopic (exact) mass is 284 g/mol. The van der Waals surface area contributed by atoms with Crippen molar-refractivity contribution in [2.75, 3.05) is 40.1 Å². The first-order valence-corrected chi connectivity index (χ1v) is 6.97. The van der Waals surface area contributed by atoms with Gasteiger partial charge in [-0.3, -0.25) is 0 Å². The van der Waals surface area contributed by atoms with E-state index < -0.39 is 0 Å². The number of ether oxygens (including phenoxy) is 3. The highest BCUT2D eigenvalue weighted by molar-refractivity contribution is 6.30. The van der Waals surface area contributed by atoms with Gasteiger partial charge in [0.05, 0.1) is 32.4 Å². The molecule has 1 aromatic rings. The number of hydrogen-bond donors (Lipinski definition) is 0. The summed E-state index contributed by atoms with van der Waals surface area (Å²) in [4.78, 5) is 0. The summed E-state index contributed by atoms with van der Waals surface area (Å²) in [5.74, 6) is 0.960. The maximum absolute atomic E-state index is 6.20. The molecule has 0 aromatic heterocycles. The fourth-order valence-corrected chi connectivity index (χ4v) is 2.99. The number of halogens is 1. The van der Waals surface area contributed by atoms with Crippen LogP contribution in [0.25, 0.3) is 0 Å². The molecule has 19 heavy (non-hydrogen) atoms. The fourth-order valence-electron chi connectivity index (χ4n) is 2.73. The predicted octanol–water partition coefficient (Wildman–Crippen LogP) is 2.18. The quantitative estimate of drug-likeness (QED) is 0.779. The topological polar surface area (TPSA) is 27.7 Å². The number of morpholine rings is 1. The van der Waals surface area contributed by atoms with Crippen LogP contribution < -0.4 is 4.74 Å². The Labute approximate surface area is 118 Å². The van der Waals surface area contributed by atoms with Crippen molar-refractivity contribution in [3.63, 3.8) is 0 Å². The molecule has 0 saturated carbocycles. The molecule has 1 saturated heterocycles. The van der Waals surface area contributed by atoms with Crippen molar-refractivity contribution in [2.45, 2.75) is 13.2 Å². The average molecular weight is 285 g/mol. The van der Waals surface area contributed by atoms with Gasteiger partial charge in [-0.1, -0.05) is 11.6 Å². The summed E-state index contributed by atoms with van der Waals surface area (Å²) in [6.07, 6.45) is 0. The molecule has 104 valence electrons. The van der Waals surface area contributed by atoms with Crippen LogP contribution >= 0.6 is 11.6 Å². The van der Waals surface area contributed by atoms with Gasteiger partial charge in [0, 0.05) is 10.6 Å². The van der Waals surface area contributed by atoms with Crippen molar-refractivity contribution in [3.05, 3.63) is 28.3 Å². The van der Waals surface area contributed by atoms with Gasteiger partial charge in [0.2, 0.25) is 0 Å². The first-order chi connectivity index (χ1) is 9.16. The Morgan fingerprint density at radius 2 is 2.00 bits per heavy atom. The SMILES string of the molecule is C[N+]1(Cc2cc(Cl)cc3c2OCOC3)CCOCC1. The Hall–Kier alpha value is -0.810. The molecule has 4 nitrogen and oxygen atoms in total. The Kier molecular flexibility index (Phi) is 3.67. The zero-order valence-corrected chi connectivity index (χ0v) is 11.9. The second kappa shape index (κ2) is 5.29. The van der Waals surface area contributed by atoms with Gasteiger partial charge in [0.1, 0.15) is 25.4 Å². The molecule has 0 aliphatic carbocycles. The van der Waals surface area contributed by atoms with Gasteiger partial charge in [-0.05, 0) is 12.1 Å². The van der Waals surface area contributed by atoms with Crippen LogP contribution in [0.2, 0.25) is 5.02 Å². The van der Waals surface area contributed by atoms with E-state index in [9.17, 15) is 0 Å². The summed E-state index contributed by atoms with van der Waals surface area (Å²) in [6, 6.07) is 3.95. The largest absolute Gasteiger partial charge is 0.467 e. The van der Waals surface area contributed by atoms with Gasteiger partial charge in [0.15, 0.2) is 6.79 Å². The summed E-state index contributed by atoms with van der Waals surface area (Å²) < 4.78 is 17.4. The zero-order chi connectivity index (χ0) is 13.3. The maximum atomic E-state index is 6.20. The number of quaternary nitrogens is 1. The molecule has 0 atom stereocenters. The maximum Gasteiger partial charge on any atom is 0.189 e. The van der Waals surface area contributed by atoms with Crippen molar-refractivity contribution >= 4 is 11.6 Å². The van der Waals surface area contributed by atoms with Gasteiger partial charge >= 0.3 is 0 Å². The summed E-state index contributed by atoms with van der Waals surface area (Å²) in [6.45, 7) is 5.53. The zero-order valence-electron chi connectivity index (χ0n) is 11.2. The van der Waals surface area contributed by atoms with Gasteiger partial charge in [-0.25, -0.2) is 0 Å². The number of rotatable bonds is 2. The van der Waals surface area contributed by atoms with E-state index in [1.807, 2.05) is 12.1 Å². The second-order valence-corrected chi connectivity index (χ2v) is 5.94. The van der Waals surface area contributed by atoms with Crippen LogP contribution in [0.4, 0.5) is 0 Å². The van der Waals surface area contributed by atoms with Gasteiger partial charge in [-0.2, -0.15) is 0 Å². The van der Waals surface area contributed by atoms with E-state index in [-0.39, 0.29) is 0 Å². The Bertz CT molecular complexity index is 472. The molecule has 2 heterocycles. The third-order valence-electron chi connectivity index (χ3n) is 3.85. The third-order valence-corrected chi connectivity index (χ3v) is 4.07. The fraction of sp³-hybridized carbons (Fsp3) is 0.571. The minimum Gasteiger partial charge on any atom is -0.467 e. The van der Waals surface area contributed by atoms with Gasteiger partial charge in [0.25, 0.3) is 0 Å². The van der Waals surface area contributed by atoms with Crippen molar-refractivity contribution in [3.8, 4) is 5.75 Å². The van der Waals surface area contributed by atoms with E-state index in [4.69, 9.17) is 25.8 Å². The van der Waals surface area contributed by atoms with E-state index in [0.717, 1.165) is 53.7 Å². The van der Waals surface area contributed by atoms with Crippen LogP contribution in [0.15, 0.2) is 12.1 Å². The third kappa shape index (κ3) is 2.87. The number of nitrogens with zero attached hydrogens (tertiary/aromatic N) is 1. The summed E-state index contributed by atoms with van der Waals surface area (Å²) in [5, 5.41) is 0.753. The molecular formula is C14H19ClNO3+. The van der Waals surface area contributed by atoms with Crippen LogP contribution in [0.1, 0.15) is 11.1 Å². The van der Waals surface area contributed by atoms with Crippen LogP contribution in [-0.4, -0.2) is 44.6 Å². The normalized spacial score (nSPS) is 21.6. The van der Waals surface area contributed by atoms with Crippen molar-refractivity contribution in [2.24, 2.45) is 0 Å². The van der Waals surface area contributed by atoms with Crippen molar-refractivity contribution in [1.82, 2.24) is 0 Å². The Balaban J connectivity index is 1.89. The summed E-state index contributed by atoms with van der Waals surface area (Å²) >= 11 is 6.20. The number of likely N-dealkylation sites (N-methyl/N-ethyl adjacent to an activating group) is 1. The average Bonchev–Trinajstić information content (AvgIpc) is 2.39. The molecule has 1 aromatic carbocycles. The van der Waals surface area contributed by atoms with E-state index in [0.29, 0.717) is 13.4 Å². The van der Waals surface area contributed by atoms with Crippen molar-refractivity contribution < 1.29 is 18.7 Å². The highest BCUT2D eigenvalue weighted by Crippen LogP contribution is 2.33. The van der Waals surface area contributed by atoms with E-state index >= 15 is 0 Å². The minimum atomic E-state index is 0.328. The summed E-state index contributed by atoms with van der Waals surface area (Å²) in [5.41, 5.74) is 2.23. The first-order valence-electron chi connectivity index (χ1n) is 6.59. The van der Waals surface area contributed by atoms with Crippen LogP contribution in [0, 0.1) is 0 Å². The molecule has 0 unspecified atom stereocenters. The molecule has 5 heteroatoms. The number of fused-ring (bicyclic) bond motifs is 1. The van der Waals surface area contributed by atoms with Gasteiger partial charge in [-0.15, -0.1) is 0 Å². The smallest absolute Gasteiger partial charge is 0.189 e. The second-order valence-electron chi connectivity index (χ2n) is 5.50. The predicted molar refractivity (Wildman–Crippen MR) is 72.2 cm³/mol. The van der Waals surface area contributed by atoms with Crippen LogP contribution in [-0.2, 0) is 22.6 Å². The van der Waals surface area contributed by atoms with Crippen molar-refractivity contribution in [1.29, 1.82) is 0 Å². The first kappa shape index (κ1) is 13.2. The Morgan fingerprint density at radius 1 is 1.21 bits per heavy atom. The van der Waals surface area contributed by atoms with E-state index in [1.165, 1.54) is 5.56 Å². The molecular weight excluding hydrogens is 266 g/mol. The highest BCUT2D eigenvalue weighted by atomic mass is 35.5. The van der Waals surface area contributed by atoms with Gasteiger partial charge < -0.3 is 18.7 Å². The molecule has 2 aliphatic heterocycles. The Morgan fingerprint density at radius 3 is 2.79 bits per heavy atom. The number of hydrogen-bond acceptors (Lipinski definition) is 3. The number of benzene rings is 1. The van der Waals surface area contributed by atoms with E-state index in [1.54, 1.807) is 0 Å². The minimum absolute atomic E-state index is 0.328. The molecule has 0 spiro atoms. The highest BCUT2D eigenvalue weighted by Gasteiger charge is 2.28. The molecule has 0 amide bonds. The lowest BCUT2D eigenvalue weighted by molar-refractivity contribution is -0.929. The molecule has 2 aliphatic rings. The molecule has 3 rings (SSSR count). The lowest BCUT2D eigenvalue weighted by Gasteiger charge is -2.38. The molecule has 1 fully saturated rings.